The van der Waals surface area contributed by atoms with Crippen LogP contribution in [0.5, 0.6) is 0 Å². The van der Waals surface area contributed by atoms with E-state index in [1.165, 1.54) is 0 Å². The molecule has 0 N–H and O–H groups in total. The number of carbonyl (C=O) groups is 1. The molecule has 0 saturated heterocycles. The van der Waals surface area contributed by atoms with E-state index in [1.807, 2.05) is 13.8 Å². The van der Waals surface area contributed by atoms with Gasteiger partial charge < -0.3 is 4.79 Å². The van der Waals surface area contributed by atoms with Gasteiger partial charge in [0, 0.05) is 5.92 Å². The third kappa shape index (κ3) is 2.43. The molecule has 0 bridgehead atoms. The molecule has 2 radical (unpaired) electrons. The Balaban J connectivity index is 3.34. The van der Waals surface area contributed by atoms with E-state index in [9.17, 15) is 4.79 Å². The number of rotatable bonds is 2. The minimum Gasteiger partial charge on any atom is -0.312 e. The van der Waals surface area contributed by atoms with Gasteiger partial charge in [0.05, 0.1) is 5.68 Å². The van der Waals surface area contributed by atoms with E-state index < -0.39 is 0 Å². The minimum absolute atomic E-state index is 0.0417. The monoisotopic (exact) mass is 96.1 g/mol. The van der Waals surface area contributed by atoms with Crippen molar-refractivity contribution in [3.8, 4) is 0 Å². The van der Waals surface area contributed by atoms with E-state index in [0.717, 1.165) is 6.42 Å². The molecule has 0 aliphatic heterocycles. The van der Waals surface area contributed by atoms with E-state index in [0.29, 0.717) is 0 Å². The Hall–Kier alpha value is -0.265. The highest BCUT2D eigenvalue weighted by atomic mass is 16.1. The number of carbonyl (C=O) groups excluding carboxylic acids is 1. The number of hydrogen-bond donors (Lipinski definition) is 0. The van der Waals surface area contributed by atoms with Crippen molar-refractivity contribution in [1.29, 1.82) is 0 Å². The van der Waals surface area contributed by atoms with Gasteiger partial charge in [-0.05, 0) is 6.42 Å². The van der Waals surface area contributed by atoms with Gasteiger partial charge in [0.25, 0.3) is 0 Å². The molecule has 2 heteroatoms. The fourth-order valence-corrected chi connectivity index (χ4v) is 0.201. The Bertz CT molecular complexity index is 70.5. The zero-order valence-corrected chi connectivity index (χ0v) is 4.77. The standard InChI is InChI=1S/C5H9BO/c1-3-4(2)5(6)7/h4H,3H2,1-2H3. The molecule has 0 rings (SSSR count). The Morgan fingerprint density at radius 3 is 2.29 bits per heavy atom. The third-order valence-electron chi connectivity index (χ3n) is 1.10. The van der Waals surface area contributed by atoms with Crippen LogP contribution in [0.2, 0.25) is 0 Å². The maximum Gasteiger partial charge on any atom is 0.168 e. The van der Waals surface area contributed by atoms with Crippen LogP contribution in [0.3, 0.4) is 0 Å². The summed E-state index contributed by atoms with van der Waals surface area (Å²) in [6, 6.07) is 0. The van der Waals surface area contributed by atoms with Gasteiger partial charge in [0.2, 0.25) is 0 Å². The van der Waals surface area contributed by atoms with Crippen molar-refractivity contribution in [3.63, 3.8) is 0 Å². The lowest BCUT2D eigenvalue weighted by molar-refractivity contribution is -0.114. The van der Waals surface area contributed by atoms with Crippen molar-refractivity contribution in [2.45, 2.75) is 20.3 Å². The predicted octanol–water partition coefficient (Wildman–Crippen LogP) is 0.728. The molecule has 0 aliphatic carbocycles. The average molecular weight is 95.9 g/mol. The second-order valence-electron chi connectivity index (χ2n) is 1.71. The molecule has 0 aromatic heterocycles. The zero-order chi connectivity index (χ0) is 5.86. The van der Waals surface area contributed by atoms with Gasteiger partial charge in [-0.15, -0.1) is 0 Å². The summed E-state index contributed by atoms with van der Waals surface area (Å²) in [4.78, 5) is 10.2. The van der Waals surface area contributed by atoms with Crippen LogP contribution >= 0.6 is 0 Å². The van der Waals surface area contributed by atoms with Crippen LogP contribution in [0.15, 0.2) is 0 Å². The molecular weight excluding hydrogens is 86.9 g/mol. The van der Waals surface area contributed by atoms with Gasteiger partial charge in [0.15, 0.2) is 7.85 Å². The summed E-state index contributed by atoms with van der Waals surface area (Å²) in [5.74, 6) is 0.0417. The maximum atomic E-state index is 10.2. The predicted molar refractivity (Wildman–Crippen MR) is 30.2 cm³/mol. The summed E-state index contributed by atoms with van der Waals surface area (Å²) < 4.78 is 0. The van der Waals surface area contributed by atoms with E-state index in [2.05, 4.69) is 0 Å². The lowest BCUT2D eigenvalue weighted by Gasteiger charge is -1.99. The molecule has 7 heavy (non-hydrogen) atoms. The molecule has 1 nitrogen and oxygen atoms in total. The Kier molecular flexibility index (Phi) is 2.73. The van der Waals surface area contributed by atoms with Crippen LogP contribution in [0.25, 0.3) is 0 Å². The van der Waals surface area contributed by atoms with E-state index in [4.69, 9.17) is 7.85 Å². The molecule has 0 spiro atoms. The molecule has 0 heterocycles. The van der Waals surface area contributed by atoms with E-state index in [1.54, 1.807) is 0 Å². The Labute approximate surface area is 45.5 Å². The molecule has 0 amide bonds. The summed E-state index contributed by atoms with van der Waals surface area (Å²) in [7, 11) is 4.91. The SMILES string of the molecule is [B]C(=O)C(C)CC. The van der Waals surface area contributed by atoms with Crippen molar-refractivity contribution in [3.05, 3.63) is 0 Å². The Morgan fingerprint density at radius 2 is 2.29 bits per heavy atom. The lowest BCUT2D eigenvalue weighted by Crippen LogP contribution is -2.07. The smallest absolute Gasteiger partial charge is 0.168 e. The maximum absolute atomic E-state index is 10.2. The molecule has 1 atom stereocenters. The highest BCUT2D eigenvalue weighted by Gasteiger charge is 2.00. The summed E-state index contributed by atoms with van der Waals surface area (Å²) in [5, 5.41) is 0. The van der Waals surface area contributed by atoms with Crippen LogP contribution in [-0.4, -0.2) is 13.5 Å². The highest BCUT2D eigenvalue weighted by molar-refractivity contribution is 6.58. The summed E-state index contributed by atoms with van der Waals surface area (Å²) in [6.07, 6.45) is 0.843. The van der Waals surface area contributed by atoms with Crippen LogP contribution in [-0.2, 0) is 4.79 Å². The summed E-state index contributed by atoms with van der Waals surface area (Å²) in [5.41, 5.74) is -0.206. The topological polar surface area (TPSA) is 17.1 Å². The normalized spacial score (nSPS) is 13.4. The van der Waals surface area contributed by atoms with Crippen LogP contribution in [0.1, 0.15) is 20.3 Å². The molecule has 0 aromatic rings. The van der Waals surface area contributed by atoms with Crippen molar-refractivity contribution in [1.82, 2.24) is 0 Å². The largest absolute Gasteiger partial charge is 0.312 e. The quantitative estimate of drug-likeness (QED) is 0.463. The fourth-order valence-electron chi connectivity index (χ4n) is 0.201. The highest BCUT2D eigenvalue weighted by Crippen LogP contribution is 1.97. The number of hydrogen-bond acceptors (Lipinski definition) is 1. The second-order valence-corrected chi connectivity index (χ2v) is 1.71. The van der Waals surface area contributed by atoms with Crippen LogP contribution in [0.4, 0.5) is 0 Å². The molecule has 0 aromatic carbocycles. The van der Waals surface area contributed by atoms with Crippen molar-refractivity contribution in [2.75, 3.05) is 0 Å². The summed E-state index contributed by atoms with van der Waals surface area (Å²) in [6.45, 7) is 3.76. The third-order valence-corrected chi connectivity index (χ3v) is 1.10. The second kappa shape index (κ2) is 2.83. The first-order valence-electron chi connectivity index (χ1n) is 2.47. The van der Waals surface area contributed by atoms with E-state index in [-0.39, 0.29) is 11.6 Å². The molecule has 0 fully saturated rings. The van der Waals surface area contributed by atoms with Gasteiger partial charge in [-0.25, -0.2) is 0 Å². The van der Waals surface area contributed by atoms with Crippen molar-refractivity contribution < 1.29 is 4.79 Å². The van der Waals surface area contributed by atoms with Gasteiger partial charge in [0.1, 0.15) is 0 Å². The van der Waals surface area contributed by atoms with E-state index >= 15 is 0 Å². The van der Waals surface area contributed by atoms with Crippen molar-refractivity contribution in [2.24, 2.45) is 5.92 Å². The average Bonchev–Trinajstić information content (AvgIpc) is 1.65. The Morgan fingerprint density at radius 1 is 1.86 bits per heavy atom. The fraction of sp³-hybridized carbons (Fsp3) is 0.800. The summed E-state index contributed by atoms with van der Waals surface area (Å²) >= 11 is 0. The van der Waals surface area contributed by atoms with Gasteiger partial charge in [-0.1, -0.05) is 13.8 Å². The van der Waals surface area contributed by atoms with Gasteiger partial charge >= 0.3 is 0 Å². The van der Waals surface area contributed by atoms with Gasteiger partial charge in [-0.3, -0.25) is 0 Å². The minimum atomic E-state index is -0.206. The molecule has 1 unspecified atom stereocenters. The first-order chi connectivity index (χ1) is 3.18. The first kappa shape index (κ1) is 6.73. The molecule has 0 saturated carbocycles. The van der Waals surface area contributed by atoms with Crippen LogP contribution in [0, 0.1) is 5.92 Å². The van der Waals surface area contributed by atoms with Crippen molar-refractivity contribution >= 4 is 13.5 Å². The molecular formula is C5H9BO. The van der Waals surface area contributed by atoms with Gasteiger partial charge in [-0.2, -0.15) is 0 Å². The lowest BCUT2D eigenvalue weighted by atomic mass is 9.89. The molecule has 38 valence electrons. The zero-order valence-electron chi connectivity index (χ0n) is 4.77. The van der Waals surface area contributed by atoms with Crippen LogP contribution < -0.4 is 0 Å². The molecule has 0 aliphatic rings. The first-order valence-corrected chi connectivity index (χ1v) is 2.47.